The van der Waals surface area contributed by atoms with Crippen LogP contribution in [0.2, 0.25) is 0 Å². The largest absolute Gasteiger partial charge is 0.494 e. The highest BCUT2D eigenvalue weighted by molar-refractivity contribution is 5.64. The Kier molecular flexibility index (Phi) is 4.55. The third kappa shape index (κ3) is 3.07. The highest BCUT2D eigenvalue weighted by atomic mass is 16.5. The van der Waals surface area contributed by atoms with Crippen molar-refractivity contribution in [3.8, 4) is 17.1 Å². The fourth-order valence-corrected chi connectivity index (χ4v) is 2.22. The van der Waals surface area contributed by atoms with Crippen molar-refractivity contribution in [2.45, 2.75) is 39.7 Å². The van der Waals surface area contributed by atoms with Gasteiger partial charge in [0, 0.05) is 17.3 Å². The summed E-state index contributed by atoms with van der Waals surface area (Å²) in [5, 5.41) is 12.0. The van der Waals surface area contributed by atoms with Crippen molar-refractivity contribution in [2.24, 2.45) is 0 Å². The fourth-order valence-electron chi connectivity index (χ4n) is 2.22. The number of nitrogen functional groups attached to an aromatic ring is 1. The minimum absolute atomic E-state index is 0.252. The van der Waals surface area contributed by atoms with E-state index in [1.807, 2.05) is 23.7 Å². The molecule has 1 atom stereocenters. The molecular formula is C14H21N5O. The van der Waals surface area contributed by atoms with Crippen LogP contribution in [0.4, 0.5) is 5.69 Å². The van der Waals surface area contributed by atoms with Crippen LogP contribution in [0.25, 0.3) is 11.4 Å². The maximum absolute atomic E-state index is 5.92. The van der Waals surface area contributed by atoms with Crippen molar-refractivity contribution in [1.29, 1.82) is 0 Å². The molecule has 2 N–H and O–H groups in total. The van der Waals surface area contributed by atoms with E-state index in [-0.39, 0.29) is 6.04 Å². The van der Waals surface area contributed by atoms with Gasteiger partial charge in [-0.3, -0.25) is 0 Å². The quantitative estimate of drug-likeness (QED) is 0.820. The summed E-state index contributed by atoms with van der Waals surface area (Å²) >= 11 is 0. The predicted molar refractivity (Wildman–Crippen MR) is 78.5 cm³/mol. The maximum Gasteiger partial charge on any atom is 0.182 e. The van der Waals surface area contributed by atoms with Crippen molar-refractivity contribution in [1.82, 2.24) is 20.2 Å². The van der Waals surface area contributed by atoms with Gasteiger partial charge in [0.1, 0.15) is 5.75 Å². The number of nitrogens with two attached hydrogens (primary N) is 1. The van der Waals surface area contributed by atoms with Crippen LogP contribution >= 0.6 is 0 Å². The number of benzene rings is 1. The third-order valence-corrected chi connectivity index (χ3v) is 3.11. The van der Waals surface area contributed by atoms with E-state index in [1.54, 1.807) is 6.07 Å². The van der Waals surface area contributed by atoms with Crippen LogP contribution < -0.4 is 10.5 Å². The van der Waals surface area contributed by atoms with E-state index in [0.29, 0.717) is 12.3 Å². The number of nitrogens with zero attached hydrogens (tertiary/aromatic N) is 4. The van der Waals surface area contributed by atoms with Crippen LogP contribution in [-0.2, 0) is 0 Å². The molecule has 1 aromatic heterocycles. The van der Waals surface area contributed by atoms with E-state index in [1.165, 1.54) is 0 Å². The monoisotopic (exact) mass is 275 g/mol. The van der Waals surface area contributed by atoms with Gasteiger partial charge in [-0.2, -0.15) is 0 Å². The van der Waals surface area contributed by atoms with Gasteiger partial charge in [0.25, 0.3) is 0 Å². The molecule has 0 saturated carbocycles. The molecule has 0 saturated heterocycles. The van der Waals surface area contributed by atoms with E-state index in [4.69, 9.17) is 10.5 Å². The van der Waals surface area contributed by atoms with Crippen LogP contribution in [0.5, 0.6) is 5.75 Å². The molecular weight excluding hydrogens is 254 g/mol. The number of ether oxygens (including phenoxy) is 1. The van der Waals surface area contributed by atoms with Crippen molar-refractivity contribution in [2.75, 3.05) is 12.3 Å². The number of tetrazole rings is 1. The van der Waals surface area contributed by atoms with Gasteiger partial charge < -0.3 is 10.5 Å². The average Bonchev–Trinajstić information content (AvgIpc) is 2.88. The second kappa shape index (κ2) is 6.36. The number of rotatable bonds is 6. The van der Waals surface area contributed by atoms with Crippen molar-refractivity contribution in [3.63, 3.8) is 0 Å². The van der Waals surface area contributed by atoms with Crippen LogP contribution in [-0.4, -0.2) is 26.8 Å². The molecule has 1 aromatic carbocycles. The lowest BCUT2D eigenvalue weighted by Gasteiger charge is -2.13. The molecule has 0 aliphatic carbocycles. The summed E-state index contributed by atoms with van der Waals surface area (Å²) in [5.41, 5.74) is 7.44. The smallest absolute Gasteiger partial charge is 0.182 e. The fraction of sp³-hybridized carbons (Fsp3) is 0.500. The van der Waals surface area contributed by atoms with E-state index < -0.39 is 0 Å². The molecule has 0 amide bonds. The zero-order chi connectivity index (χ0) is 14.5. The van der Waals surface area contributed by atoms with E-state index in [9.17, 15) is 0 Å². The van der Waals surface area contributed by atoms with Gasteiger partial charge in [0.15, 0.2) is 5.82 Å². The van der Waals surface area contributed by atoms with E-state index >= 15 is 0 Å². The standard InChI is InChI=1S/C14H21N5O/c1-4-6-10(3)19-14(16-17-18-19)11-7-12(15)9-13(8-11)20-5-2/h7-10H,4-6,15H2,1-3H3. The predicted octanol–water partition coefficient (Wildman–Crippen LogP) is 2.68. The Balaban J connectivity index is 2.39. The summed E-state index contributed by atoms with van der Waals surface area (Å²) in [6, 6.07) is 5.84. The molecule has 20 heavy (non-hydrogen) atoms. The summed E-state index contributed by atoms with van der Waals surface area (Å²) in [6.45, 7) is 6.80. The van der Waals surface area contributed by atoms with Gasteiger partial charge in [-0.1, -0.05) is 13.3 Å². The number of hydrogen-bond donors (Lipinski definition) is 1. The first-order valence-electron chi connectivity index (χ1n) is 6.97. The average molecular weight is 275 g/mol. The molecule has 1 unspecified atom stereocenters. The molecule has 1 heterocycles. The summed E-state index contributed by atoms with van der Waals surface area (Å²) in [6.07, 6.45) is 2.11. The topological polar surface area (TPSA) is 78.9 Å². The second-order valence-corrected chi connectivity index (χ2v) is 4.81. The SMILES string of the molecule is CCCC(C)n1nnnc1-c1cc(N)cc(OCC)c1. The van der Waals surface area contributed by atoms with Gasteiger partial charge in [-0.05, 0) is 42.8 Å². The van der Waals surface area contributed by atoms with Crippen molar-refractivity contribution >= 4 is 5.69 Å². The maximum atomic E-state index is 5.92. The number of aromatic nitrogens is 4. The Morgan fingerprint density at radius 1 is 1.30 bits per heavy atom. The van der Waals surface area contributed by atoms with E-state index in [2.05, 4.69) is 29.4 Å². The lowest BCUT2D eigenvalue weighted by atomic mass is 10.1. The second-order valence-electron chi connectivity index (χ2n) is 4.81. The van der Waals surface area contributed by atoms with Gasteiger partial charge >= 0.3 is 0 Å². The van der Waals surface area contributed by atoms with Gasteiger partial charge in [-0.25, -0.2) is 4.68 Å². The molecule has 2 rings (SSSR count). The van der Waals surface area contributed by atoms with Gasteiger partial charge in [0.05, 0.1) is 12.6 Å². The van der Waals surface area contributed by atoms with Gasteiger partial charge in [-0.15, -0.1) is 5.10 Å². The Labute approximate surface area is 118 Å². The van der Waals surface area contributed by atoms with Crippen LogP contribution in [0.3, 0.4) is 0 Å². The molecule has 0 spiro atoms. The minimum atomic E-state index is 0.252. The molecule has 0 bridgehead atoms. The van der Waals surface area contributed by atoms with Gasteiger partial charge in [0.2, 0.25) is 0 Å². The molecule has 0 radical (unpaired) electrons. The first-order valence-corrected chi connectivity index (χ1v) is 6.97. The third-order valence-electron chi connectivity index (χ3n) is 3.11. The number of anilines is 1. The summed E-state index contributed by atoms with van der Waals surface area (Å²) in [4.78, 5) is 0. The molecule has 2 aromatic rings. The van der Waals surface area contributed by atoms with Crippen molar-refractivity contribution < 1.29 is 4.74 Å². The molecule has 6 heteroatoms. The Morgan fingerprint density at radius 3 is 2.80 bits per heavy atom. The summed E-state index contributed by atoms with van der Waals surface area (Å²) < 4.78 is 7.36. The highest BCUT2D eigenvalue weighted by Crippen LogP contribution is 2.27. The molecule has 0 aliphatic heterocycles. The molecule has 108 valence electrons. The summed E-state index contributed by atoms with van der Waals surface area (Å²) in [7, 11) is 0. The van der Waals surface area contributed by atoms with Crippen LogP contribution in [0.15, 0.2) is 18.2 Å². The Morgan fingerprint density at radius 2 is 2.10 bits per heavy atom. The first kappa shape index (κ1) is 14.3. The highest BCUT2D eigenvalue weighted by Gasteiger charge is 2.15. The minimum Gasteiger partial charge on any atom is -0.494 e. The van der Waals surface area contributed by atoms with Crippen molar-refractivity contribution in [3.05, 3.63) is 18.2 Å². The first-order chi connectivity index (χ1) is 9.65. The number of hydrogen-bond acceptors (Lipinski definition) is 5. The lowest BCUT2D eigenvalue weighted by molar-refractivity contribution is 0.340. The summed E-state index contributed by atoms with van der Waals surface area (Å²) in [5.74, 6) is 1.46. The Hall–Kier alpha value is -2.11. The Bertz CT molecular complexity index is 566. The normalized spacial score (nSPS) is 12.3. The molecule has 0 aliphatic rings. The van der Waals surface area contributed by atoms with Crippen LogP contribution in [0.1, 0.15) is 39.7 Å². The van der Waals surface area contributed by atoms with Crippen LogP contribution in [0, 0.1) is 0 Å². The zero-order valence-corrected chi connectivity index (χ0v) is 12.2. The molecule has 0 fully saturated rings. The lowest BCUT2D eigenvalue weighted by Crippen LogP contribution is -2.09. The zero-order valence-electron chi connectivity index (χ0n) is 12.2. The van der Waals surface area contributed by atoms with E-state index in [0.717, 1.165) is 30.0 Å². The molecule has 6 nitrogen and oxygen atoms in total.